The van der Waals surface area contributed by atoms with Gasteiger partial charge in [-0.05, 0) is 46.5 Å². The average molecular weight is 241 g/mol. The molecule has 1 heterocycles. The van der Waals surface area contributed by atoms with Crippen LogP contribution in [0.1, 0.15) is 40.5 Å². The smallest absolute Gasteiger partial charge is 0.411 e. The second kappa shape index (κ2) is 3.37. The quantitative estimate of drug-likeness (QED) is 0.761. The molecule has 1 aliphatic heterocycles. The average Bonchev–Trinajstić information content (AvgIpc) is 2.64. The third-order valence-electron chi connectivity index (χ3n) is 3.62. The van der Waals surface area contributed by atoms with E-state index >= 15 is 0 Å². The summed E-state index contributed by atoms with van der Waals surface area (Å²) in [5.74, 6) is -0.625. The van der Waals surface area contributed by atoms with Gasteiger partial charge >= 0.3 is 12.1 Å². The van der Waals surface area contributed by atoms with Crippen LogP contribution in [0.3, 0.4) is 0 Å². The number of aliphatic carboxylic acids is 1. The predicted octanol–water partition coefficient (Wildman–Crippen LogP) is 1.86. The highest BCUT2D eigenvalue weighted by Crippen LogP contribution is 2.58. The zero-order valence-corrected chi connectivity index (χ0v) is 10.7. The number of carbonyl (C=O) groups excluding carboxylic acids is 1. The fourth-order valence-corrected chi connectivity index (χ4v) is 2.66. The molecule has 2 aliphatic rings. The number of carboxylic acids is 1. The Bertz CT molecular complexity index is 373. The summed E-state index contributed by atoms with van der Waals surface area (Å²) in [6.07, 6.45) is 0.925. The van der Waals surface area contributed by atoms with Crippen LogP contribution in [0, 0.1) is 5.92 Å². The van der Waals surface area contributed by atoms with Gasteiger partial charge in [0.25, 0.3) is 0 Å². The Morgan fingerprint density at radius 2 is 2.00 bits per heavy atom. The van der Waals surface area contributed by atoms with Crippen molar-refractivity contribution in [1.29, 1.82) is 0 Å². The number of carboxylic acid groups (broad SMARTS) is 1. The number of hydrogen-bond acceptors (Lipinski definition) is 3. The minimum Gasteiger partial charge on any atom is -0.480 e. The van der Waals surface area contributed by atoms with Crippen LogP contribution in [0.4, 0.5) is 4.79 Å². The highest BCUT2D eigenvalue weighted by Gasteiger charge is 2.66. The number of piperidine rings is 1. The lowest BCUT2D eigenvalue weighted by molar-refractivity contribution is -0.143. The van der Waals surface area contributed by atoms with E-state index < -0.39 is 23.7 Å². The molecule has 0 radical (unpaired) electrons. The SMILES string of the molecule is CC(C)(C)OC(=O)N1[C@H](C(=O)O)C[C@H]2C[C@]21C. The Morgan fingerprint density at radius 3 is 2.47 bits per heavy atom. The van der Waals surface area contributed by atoms with Gasteiger partial charge < -0.3 is 9.84 Å². The molecule has 1 saturated carbocycles. The van der Waals surface area contributed by atoms with E-state index in [0.717, 1.165) is 6.42 Å². The molecule has 96 valence electrons. The van der Waals surface area contributed by atoms with E-state index in [4.69, 9.17) is 9.84 Å². The fraction of sp³-hybridized carbons (Fsp3) is 0.833. The summed E-state index contributed by atoms with van der Waals surface area (Å²) in [5, 5.41) is 9.13. The molecule has 2 rings (SSSR count). The van der Waals surface area contributed by atoms with E-state index in [0.29, 0.717) is 12.3 Å². The number of carbonyl (C=O) groups is 2. The van der Waals surface area contributed by atoms with Crippen LogP contribution in [0.15, 0.2) is 0 Å². The van der Waals surface area contributed by atoms with Crippen LogP contribution in [0.5, 0.6) is 0 Å². The van der Waals surface area contributed by atoms with Crippen molar-refractivity contribution in [2.45, 2.75) is 57.7 Å². The van der Waals surface area contributed by atoms with Crippen molar-refractivity contribution < 1.29 is 19.4 Å². The van der Waals surface area contributed by atoms with Gasteiger partial charge in [-0.1, -0.05) is 0 Å². The molecular formula is C12H19NO4. The van der Waals surface area contributed by atoms with Gasteiger partial charge in [-0.2, -0.15) is 0 Å². The lowest BCUT2D eigenvalue weighted by atomic mass is 10.2. The lowest BCUT2D eigenvalue weighted by Crippen LogP contribution is -2.49. The molecule has 2 fully saturated rings. The maximum absolute atomic E-state index is 12.1. The fourth-order valence-electron chi connectivity index (χ4n) is 2.66. The molecule has 0 aromatic carbocycles. The highest BCUT2D eigenvalue weighted by molar-refractivity contribution is 5.82. The highest BCUT2D eigenvalue weighted by atomic mass is 16.6. The van der Waals surface area contributed by atoms with Crippen molar-refractivity contribution >= 4 is 12.1 Å². The van der Waals surface area contributed by atoms with E-state index in [1.54, 1.807) is 20.8 Å². The predicted molar refractivity (Wildman–Crippen MR) is 60.6 cm³/mol. The first kappa shape index (κ1) is 12.2. The molecule has 0 bridgehead atoms. The van der Waals surface area contributed by atoms with Gasteiger partial charge in [0.15, 0.2) is 0 Å². The lowest BCUT2D eigenvalue weighted by Gasteiger charge is -2.32. The first-order valence-electron chi connectivity index (χ1n) is 5.90. The Morgan fingerprint density at radius 1 is 1.41 bits per heavy atom. The number of nitrogens with zero attached hydrogens (tertiary/aromatic N) is 1. The third-order valence-corrected chi connectivity index (χ3v) is 3.62. The summed E-state index contributed by atoms with van der Waals surface area (Å²) in [7, 11) is 0. The van der Waals surface area contributed by atoms with Crippen molar-refractivity contribution in [2.75, 3.05) is 0 Å². The Kier molecular flexibility index (Phi) is 2.42. The summed E-state index contributed by atoms with van der Waals surface area (Å²) in [6.45, 7) is 7.28. The Hall–Kier alpha value is -1.26. The number of likely N-dealkylation sites (tertiary alicyclic amines) is 1. The first-order chi connectivity index (χ1) is 7.65. The zero-order valence-electron chi connectivity index (χ0n) is 10.7. The summed E-state index contributed by atoms with van der Waals surface area (Å²) in [4.78, 5) is 24.6. The van der Waals surface area contributed by atoms with Crippen LogP contribution in [-0.2, 0) is 9.53 Å². The van der Waals surface area contributed by atoms with Crippen molar-refractivity contribution in [3.05, 3.63) is 0 Å². The van der Waals surface area contributed by atoms with Gasteiger partial charge in [0.05, 0.1) is 0 Å². The van der Waals surface area contributed by atoms with Crippen molar-refractivity contribution in [1.82, 2.24) is 4.90 Å². The molecule has 17 heavy (non-hydrogen) atoms. The van der Waals surface area contributed by atoms with Gasteiger partial charge in [-0.3, -0.25) is 4.90 Å². The Balaban J connectivity index is 2.16. The maximum atomic E-state index is 12.1. The summed E-state index contributed by atoms with van der Waals surface area (Å²) in [6, 6.07) is -0.728. The zero-order chi connectivity index (χ0) is 13.0. The molecule has 5 nitrogen and oxygen atoms in total. The Labute approximate surface area is 101 Å². The van der Waals surface area contributed by atoms with Crippen LogP contribution in [0.25, 0.3) is 0 Å². The molecule has 0 unspecified atom stereocenters. The molecule has 3 atom stereocenters. The van der Waals surface area contributed by atoms with Crippen molar-refractivity contribution in [2.24, 2.45) is 5.92 Å². The molecular weight excluding hydrogens is 222 g/mol. The summed E-state index contributed by atoms with van der Waals surface area (Å²) >= 11 is 0. The molecule has 1 saturated heterocycles. The number of amides is 1. The number of hydrogen-bond donors (Lipinski definition) is 1. The molecule has 0 aromatic heterocycles. The monoisotopic (exact) mass is 241 g/mol. The number of fused-ring (bicyclic) bond motifs is 1. The second-order valence-corrected chi connectivity index (χ2v) is 6.20. The maximum Gasteiger partial charge on any atom is 0.411 e. The largest absolute Gasteiger partial charge is 0.480 e. The van der Waals surface area contributed by atoms with E-state index in [-0.39, 0.29) is 5.54 Å². The molecule has 0 aromatic rings. The van der Waals surface area contributed by atoms with Crippen LogP contribution >= 0.6 is 0 Å². The number of rotatable bonds is 1. The summed E-state index contributed by atoms with van der Waals surface area (Å²) in [5.41, 5.74) is -0.894. The van der Waals surface area contributed by atoms with E-state index in [2.05, 4.69) is 0 Å². The first-order valence-corrected chi connectivity index (χ1v) is 5.90. The number of ether oxygens (including phenoxy) is 1. The van der Waals surface area contributed by atoms with Crippen LogP contribution in [0.2, 0.25) is 0 Å². The normalized spacial score (nSPS) is 35.4. The second-order valence-electron chi connectivity index (χ2n) is 6.20. The van der Waals surface area contributed by atoms with Crippen LogP contribution < -0.4 is 0 Å². The molecule has 1 amide bonds. The molecule has 5 heteroatoms. The van der Waals surface area contributed by atoms with Gasteiger partial charge in [0.2, 0.25) is 0 Å². The van der Waals surface area contributed by atoms with Gasteiger partial charge in [0.1, 0.15) is 11.6 Å². The minimum absolute atomic E-state index is 0.300. The molecule has 1 aliphatic carbocycles. The van der Waals surface area contributed by atoms with E-state index in [1.165, 1.54) is 4.90 Å². The third kappa shape index (κ3) is 1.98. The van der Waals surface area contributed by atoms with Gasteiger partial charge in [-0.15, -0.1) is 0 Å². The van der Waals surface area contributed by atoms with Gasteiger partial charge in [-0.25, -0.2) is 9.59 Å². The minimum atomic E-state index is -0.940. The van der Waals surface area contributed by atoms with Gasteiger partial charge in [0, 0.05) is 5.54 Å². The van der Waals surface area contributed by atoms with E-state index in [1.807, 2.05) is 6.92 Å². The van der Waals surface area contributed by atoms with Crippen molar-refractivity contribution in [3.8, 4) is 0 Å². The summed E-state index contributed by atoms with van der Waals surface area (Å²) < 4.78 is 5.29. The topological polar surface area (TPSA) is 66.8 Å². The standard InChI is InChI=1S/C12H19NO4/c1-11(2,3)17-10(16)13-8(9(14)15)5-7-6-12(7,13)4/h7-8H,5-6H2,1-4H3,(H,14,15)/t7-,8-,12+/m0/s1. The van der Waals surface area contributed by atoms with E-state index in [9.17, 15) is 9.59 Å². The molecule has 0 spiro atoms. The van der Waals surface area contributed by atoms with Crippen LogP contribution in [-0.4, -0.2) is 39.3 Å². The van der Waals surface area contributed by atoms with Crippen molar-refractivity contribution in [3.63, 3.8) is 0 Å². The molecule has 1 N–H and O–H groups in total.